The fraction of sp³-hybridized carbons (Fsp3) is 0.182. The highest BCUT2D eigenvalue weighted by atomic mass is 32.1. The number of amides is 1. The number of hydrogen-bond acceptors (Lipinski definition) is 6. The minimum atomic E-state index is -4.64. The number of nitrogens with one attached hydrogen (secondary N) is 1. The minimum absolute atomic E-state index is 0.00221. The van der Waals surface area contributed by atoms with E-state index in [-0.39, 0.29) is 18.6 Å². The summed E-state index contributed by atoms with van der Waals surface area (Å²) in [4.78, 5) is 31.0. The van der Waals surface area contributed by atoms with E-state index in [0.29, 0.717) is 5.69 Å². The van der Waals surface area contributed by atoms with Gasteiger partial charge in [0.15, 0.2) is 0 Å². The van der Waals surface area contributed by atoms with Gasteiger partial charge in [-0.05, 0) is 36.6 Å². The Morgan fingerprint density at radius 2 is 1.91 bits per heavy atom. The lowest BCUT2D eigenvalue weighted by molar-refractivity contribution is -0.137. The summed E-state index contributed by atoms with van der Waals surface area (Å²) >= 11 is 3.03. The van der Waals surface area contributed by atoms with Crippen molar-refractivity contribution in [3.05, 3.63) is 81.1 Å². The molecule has 170 valence electrons. The molecule has 0 aliphatic carbocycles. The molecule has 4 aromatic rings. The summed E-state index contributed by atoms with van der Waals surface area (Å²) in [5.41, 5.74) is -0.536. The summed E-state index contributed by atoms with van der Waals surface area (Å²) in [6.45, 7) is 1.80. The number of aromatic nitrogens is 3. The van der Waals surface area contributed by atoms with E-state index in [2.05, 4.69) is 15.4 Å². The smallest absolute Gasteiger partial charge is 0.350 e. The standard InChI is InChI=1S/C22H17F3N4O2S2/c1-13-19(33-21(27-13)17-7-4-12-32-17)16-8-9-18(30)29(28-16)11-10-26-20(31)14-5-2-3-6-15(14)22(23,24)25/h2-9,12H,10-11H2,1H3,(H,26,31). The first-order valence-electron chi connectivity index (χ1n) is 9.78. The number of rotatable bonds is 6. The summed E-state index contributed by atoms with van der Waals surface area (Å²) in [5.74, 6) is -0.869. The Balaban J connectivity index is 1.49. The average molecular weight is 491 g/mol. The number of carbonyl (C=O) groups is 1. The normalized spacial score (nSPS) is 11.5. The quantitative estimate of drug-likeness (QED) is 0.419. The summed E-state index contributed by atoms with van der Waals surface area (Å²) in [5, 5.41) is 9.62. The van der Waals surface area contributed by atoms with Crippen molar-refractivity contribution in [2.75, 3.05) is 6.54 Å². The maximum absolute atomic E-state index is 13.1. The minimum Gasteiger partial charge on any atom is -0.350 e. The van der Waals surface area contributed by atoms with Gasteiger partial charge in [0, 0.05) is 12.6 Å². The molecule has 0 radical (unpaired) electrons. The van der Waals surface area contributed by atoms with Gasteiger partial charge in [0.1, 0.15) is 10.7 Å². The highest BCUT2D eigenvalue weighted by Gasteiger charge is 2.34. The summed E-state index contributed by atoms with van der Waals surface area (Å²) < 4.78 is 40.6. The topological polar surface area (TPSA) is 76.9 Å². The van der Waals surface area contributed by atoms with Crippen LogP contribution in [0.2, 0.25) is 0 Å². The van der Waals surface area contributed by atoms with E-state index in [1.807, 2.05) is 24.4 Å². The molecule has 4 rings (SSSR count). The molecule has 0 unspecified atom stereocenters. The van der Waals surface area contributed by atoms with Crippen LogP contribution in [-0.4, -0.2) is 27.2 Å². The van der Waals surface area contributed by atoms with Crippen LogP contribution in [0.5, 0.6) is 0 Å². The number of nitrogens with zero attached hydrogens (tertiary/aromatic N) is 3. The van der Waals surface area contributed by atoms with Crippen LogP contribution in [0.4, 0.5) is 13.2 Å². The Morgan fingerprint density at radius 1 is 1.12 bits per heavy atom. The van der Waals surface area contributed by atoms with Crippen LogP contribution in [0.1, 0.15) is 21.6 Å². The van der Waals surface area contributed by atoms with E-state index in [9.17, 15) is 22.8 Å². The van der Waals surface area contributed by atoms with Gasteiger partial charge < -0.3 is 5.32 Å². The Hall–Kier alpha value is -3.31. The number of halogens is 3. The molecule has 0 aliphatic rings. The second-order valence-electron chi connectivity index (χ2n) is 6.99. The number of thiazole rings is 1. The van der Waals surface area contributed by atoms with Crippen molar-refractivity contribution in [3.63, 3.8) is 0 Å². The third-order valence-electron chi connectivity index (χ3n) is 4.71. The van der Waals surface area contributed by atoms with E-state index in [1.54, 1.807) is 17.4 Å². The molecule has 11 heteroatoms. The predicted molar refractivity (Wildman–Crippen MR) is 121 cm³/mol. The Kier molecular flexibility index (Phi) is 6.43. The van der Waals surface area contributed by atoms with Crippen LogP contribution in [0.3, 0.4) is 0 Å². The lowest BCUT2D eigenvalue weighted by atomic mass is 10.1. The first kappa shape index (κ1) is 22.9. The van der Waals surface area contributed by atoms with Gasteiger partial charge in [0.2, 0.25) is 0 Å². The van der Waals surface area contributed by atoms with Crippen LogP contribution in [0, 0.1) is 6.92 Å². The number of alkyl halides is 3. The fourth-order valence-corrected chi connectivity index (χ4v) is 5.00. The van der Waals surface area contributed by atoms with Gasteiger partial charge in [-0.3, -0.25) is 9.59 Å². The van der Waals surface area contributed by atoms with Gasteiger partial charge in [-0.1, -0.05) is 18.2 Å². The van der Waals surface area contributed by atoms with Crippen LogP contribution in [-0.2, 0) is 12.7 Å². The van der Waals surface area contributed by atoms with E-state index >= 15 is 0 Å². The second kappa shape index (κ2) is 9.28. The molecule has 1 N–H and O–H groups in total. The number of thiophene rings is 1. The van der Waals surface area contributed by atoms with Gasteiger partial charge in [0.05, 0.1) is 33.1 Å². The summed E-state index contributed by atoms with van der Waals surface area (Å²) in [6, 6.07) is 11.4. The van der Waals surface area contributed by atoms with E-state index < -0.39 is 23.2 Å². The zero-order valence-corrected chi connectivity index (χ0v) is 18.9. The van der Waals surface area contributed by atoms with Crippen molar-refractivity contribution in [1.82, 2.24) is 20.1 Å². The molecule has 3 aromatic heterocycles. The van der Waals surface area contributed by atoms with E-state index in [0.717, 1.165) is 32.6 Å². The Morgan fingerprint density at radius 3 is 2.64 bits per heavy atom. The number of carbonyl (C=O) groups excluding carboxylic acids is 1. The van der Waals surface area contributed by atoms with Crippen molar-refractivity contribution in [1.29, 1.82) is 0 Å². The molecule has 0 bridgehead atoms. The largest absolute Gasteiger partial charge is 0.417 e. The van der Waals surface area contributed by atoms with Gasteiger partial charge >= 0.3 is 6.18 Å². The Bertz CT molecular complexity index is 1340. The fourth-order valence-electron chi connectivity index (χ4n) is 3.17. The molecule has 0 fully saturated rings. The molecular weight excluding hydrogens is 473 g/mol. The van der Waals surface area contributed by atoms with E-state index in [4.69, 9.17) is 0 Å². The maximum atomic E-state index is 13.1. The molecular formula is C22H17F3N4O2S2. The second-order valence-corrected chi connectivity index (χ2v) is 8.94. The van der Waals surface area contributed by atoms with Crippen LogP contribution in [0.25, 0.3) is 20.5 Å². The molecule has 0 atom stereocenters. The number of aryl methyl sites for hydroxylation is 1. The maximum Gasteiger partial charge on any atom is 0.417 e. The zero-order valence-electron chi connectivity index (χ0n) is 17.2. The van der Waals surface area contributed by atoms with Crippen molar-refractivity contribution in [2.45, 2.75) is 19.6 Å². The molecule has 0 spiro atoms. The third kappa shape index (κ3) is 5.04. The SMILES string of the molecule is Cc1nc(-c2cccs2)sc1-c1ccc(=O)n(CCNC(=O)c2ccccc2C(F)(F)F)n1. The van der Waals surface area contributed by atoms with Crippen LogP contribution >= 0.6 is 22.7 Å². The molecule has 0 aliphatic heterocycles. The first-order valence-corrected chi connectivity index (χ1v) is 11.5. The van der Waals surface area contributed by atoms with E-state index in [1.165, 1.54) is 34.2 Å². The van der Waals surface area contributed by atoms with Crippen LogP contribution in [0.15, 0.2) is 58.7 Å². The van der Waals surface area contributed by atoms with Crippen molar-refractivity contribution >= 4 is 28.6 Å². The Labute approximate surface area is 194 Å². The first-order chi connectivity index (χ1) is 15.7. The predicted octanol–water partition coefficient (Wildman–Crippen LogP) is 4.85. The lowest BCUT2D eigenvalue weighted by Crippen LogP contribution is -2.32. The molecule has 1 amide bonds. The van der Waals surface area contributed by atoms with Gasteiger partial charge in [-0.25, -0.2) is 9.67 Å². The molecule has 6 nitrogen and oxygen atoms in total. The lowest BCUT2D eigenvalue weighted by Gasteiger charge is -2.13. The van der Waals surface area contributed by atoms with Crippen LogP contribution < -0.4 is 10.9 Å². The number of hydrogen-bond donors (Lipinski definition) is 1. The zero-order chi connectivity index (χ0) is 23.6. The molecule has 3 heterocycles. The van der Waals surface area contributed by atoms with Crippen molar-refractivity contribution in [2.24, 2.45) is 0 Å². The van der Waals surface area contributed by atoms with Crippen molar-refractivity contribution < 1.29 is 18.0 Å². The number of benzene rings is 1. The molecule has 0 saturated carbocycles. The average Bonchev–Trinajstić information content (AvgIpc) is 3.44. The highest BCUT2D eigenvalue weighted by Crippen LogP contribution is 2.36. The van der Waals surface area contributed by atoms with Gasteiger partial charge in [-0.2, -0.15) is 18.3 Å². The monoisotopic (exact) mass is 490 g/mol. The highest BCUT2D eigenvalue weighted by molar-refractivity contribution is 7.23. The molecule has 0 saturated heterocycles. The summed E-state index contributed by atoms with van der Waals surface area (Å²) in [6.07, 6.45) is -4.64. The van der Waals surface area contributed by atoms with Gasteiger partial charge in [0.25, 0.3) is 11.5 Å². The summed E-state index contributed by atoms with van der Waals surface area (Å²) in [7, 11) is 0. The van der Waals surface area contributed by atoms with Crippen molar-refractivity contribution in [3.8, 4) is 20.5 Å². The third-order valence-corrected chi connectivity index (χ3v) is 6.93. The molecule has 33 heavy (non-hydrogen) atoms. The molecule has 1 aromatic carbocycles. The van der Waals surface area contributed by atoms with Gasteiger partial charge in [-0.15, -0.1) is 22.7 Å².